The number of thiazole rings is 1. The van der Waals surface area contributed by atoms with Crippen molar-refractivity contribution in [3.05, 3.63) is 83.5 Å². The summed E-state index contributed by atoms with van der Waals surface area (Å²) in [6.07, 6.45) is 1.53. The van der Waals surface area contributed by atoms with Gasteiger partial charge in [-0.15, -0.1) is 0 Å². The summed E-state index contributed by atoms with van der Waals surface area (Å²) in [6, 6.07) is 9.30. The molecule has 0 saturated heterocycles. The Morgan fingerprint density at radius 2 is 1.79 bits per heavy atom. The molecule has 0 fully saturated rings. The Balaban J connectivity index is 1.89. The normalized spacial score (nSPS) is 14.7. The predicted molar refractivity (Wildman–Crippen MR) is 163 cm³/mol. The standard InChI is InChI=1S/C31H33ClN2O8S/c1-7-39-26(35)16-41-22-12-10-21(32)13-20(22)15-25-29(36)34-28(19-9-11-23(42-17(3)4)24(14-19)38-6)27(30(37)40-8-2)18(5)33-31(34)43-25/h9-15,17,28H,7-8,16H2,1-6H3/b25-15+/t28-/m0/s1. The molecule has 1 atom stereocenters. The van der Waals surface area contributed by atoms with Crippen LogP contribution in [0, 0.1) is 0 Å². The number of benzene rings is 2. The van der Waals surface area contributed by atoms with Gasteiger partial charge < -0.3 is 23.7 Å². The van der Waals surface area contributed by atoms with Gasteiger partial charge in [0.1, 0.15) is 5.75 Å². The minimum atomic E-state index is -0.849. The minimum Gasteiger partial charge on any atom is -0.493 e. The zero-order chi connectivity index (χ0) is 31.3. The maximum atomic E-state index is 14.1. The third-order valence-electron chi connectivity index (χ3n) is 6.29. The number of carbonyl (C=O) groups excluding carboxylic acids is 2. The molecular formula is C31H33ClN2O8S. The van der Waals surface area contributed by atoms with E-state index in [9.17, 15) is 14.4 Å². The van der Waals surface area contributed by atoms with E-state index >= 15 is 0 Å². The lowest BCUT2D eigenvalue weighted by Crippen LogP contribution is -2.40. The monoisotopic (exact) mass is 628 g/mol. The van der Waals surface area contributed by atoms with Crippen molar-refractivity contribution in [2.45, 2.75) is 46.8 Å². The van der Waals surface area contributed by atoms with Gasteiger partial charge in [0, 0.05) is 10.6 Å². The molecule has 4 rings (SSSR count). The molecule has 3 aromatic rings. The summed E-state index contributed by atoms with van der Waals surface area (Å²) in [7, 11) is 1.53. The Labute approximate surface area is 257 Å². The zero-order valence-corrected chi connectivity index (χ0v) is 26.3. The summed E-state index contributed by atoms with van der Waals surface area (Å²) in [4.78, 5) is 44.2. The number of hydrogen-bond acceptors (Lipinski definition) is 10. The average molecular weight is 629 g/mol. The van der Waals surface area contributed by atoms with Gasteiger partial charge in [-0.05, 0) is 76.6 Å². The van der Waals surface area contributed by atoms with Gasteiger partial charge >= 0.3 is 11.9 Å². The molecule has 0 amide bonds. The quantitative estimate of drug-likeness (QED) is 0.291. The summed E-state index contributed by atoms with van der Waals surface area (Å²) in [5.74, 6) is 0.226. The highest BCUT2D eigenvalue weighted by atomic mass is 35.5. The second-order valence-corrected chi connectivity index (χ2v) is 11.1. The van der Waals surface area contributed by atoms with E-state index in [1.54, 1.807) is 63.2 Å². The molecule has 10 nitrogen and oxygen atoms in total. The number of esters is 2. The Bertz CT molecular complexity index is 1740. The van der Waals surface area contributed by atoms with Gasteiger partial charge in [-0.3, -0.25) is 9.36 Å². The number of allylic oxidation sites excluding steroid dienone is 1. The topological polar surface area (TPSA) is 115 Å². The van der Waals surface area contributed by atoms with E-state index in [1.807, 2.05) is 13.8 Å². The van der Waals surface area contributed by atoms with Gasteiger partial charge in [0.15, 0.2) is 22.9 Å². The number of rotatable bonds is 11. The van der Waals surface area contributed by atoms with Crippen LogP contribution in [0.5, 0.6) is 17.2 Å². The van der Waals surface area contributed by atoms with Crippen LogP contribution in [0.15, 0.2) is 57.5 Å². The van der Waals surface area contributed by atoms with Crippen LogP contribution < -0.4 is 29.1 Å². The first-order chi connectivity index (χ1) is 20.6. The zero-order valence-electron chi connectivity index (χ0n) is 24.8. The molecule has 0 N–H and O–H groups in total. The van der Waals surface area contributed by atoms with E-state index < -0.39 is 18.0 Å². The fourth-order valence-corrected chi connectivity index (χ4v) is 5.77. The van der Waals surface area contributed by atoms with E-state index in [2.05, 4.69) is 4.99 Å². The molecule has 1 aliphatic rings. The molecule has 1 aliphatic heterocycles. The van der Waals surface area contributed by atoms with Crippen LogP contribution in [0.25, 0.3) is 6.08 Å². The molecule has 0 radical (unpaired) electrons. The summed E-state index contributed by atoms with van der Waals surface area (Å²) >= 11 is 7.42. The lowest BCUT2D eigenvalue weighted by Gasteiger charge is -2.25. The number of aromatic nitrogens is 1. The maximum absolute atomic E-state index is 14.1. The lowest BCUT2D eigenvalue weighted by molar-refractivity contribution is -0.145. The first kappa shape index (κ1) is 31.8. The van der Waals surface area contributed by atoms with Crippen molar-refractivity contribution in [1.29, 1.82) is 0 Å². The van der Waals surface area contributed by atoms with E-state index in [0.29, 0.717) is 48.4 Å². The summed E-state index contributed by atoms with van der Waals surface area (Å²) in [5.41, 5.74) is 1.37. The second-order valence-electron chi connectivity index (χ2n) is 9.66. The van der Waals surface area contributed by atoms with Crippen LogP contribution in [0.2, 0.25) is 5.02 Å². The van der Waals surface area contributed by atoms with Crippen LogP contribution in [0.3, 0.4) is 0 Å². The van der Waals surface area contributed by atoms with E-state index in [0.717, 1.165) is 11.3 Å². The summed E-state index contributed by atoms with van der Waals surface area (Å²) in [6.45, 7) is 9.02. The van der Waals surface area contributed by atoms with Crippen LogP contribution in [0.4, 0.5) is 0 Å². The fourth-order valence-electron chi connectivity index (χ4n) is 4.56. The molecule has 228 valence electrons. The van der Waals surface area contributed by atoms with Gasteiger partial charge in [0.2, 0.25) is 0 Å². The molecular weight excluding hydrogens is 596 g/mol. The van der Waals surface area contributed by atoms with Gasteiger partial charge in [-0.25, -0.2) is 14.6 Å². The molecule has 0 bridgehead atoms. The third-order valence-corrected chi connectivity index (χ3v) is 7.51. The highest BCUT2D eigenvalue weighted by Gasteiger charge is 2.34. The van der Waals surface area contributed by atoms with Gasteiger partial charge in [-0.1, -0.05) is 29.0 Å². The molecule has 1 aromatic heterocycles. The summed E-state index contributed by atoms with van der Waals surface area (Å²) < 4.78 is 29.3. The Kier molecular flexibility index (Phi) is 10.3. The molecule has 0 aliphatic carbocycles. The van der Waals surface area contributed by atoms with Crippen molar-refractivity contribution in [2.24, 2.45) is 4.99 Å². The van der Waals surface area contributed by atoms with Gasteiger partial charge in [-0.2, -0.15) is 0 Å². The Morgan fingerprint density at radius 3 is 2.47 bits per heavy atom. The third kappa shape index (κ3) is 7.11. The molecule has 0 spiro atoms. The number of carbonyl (C=O) groups is 2. The number of ether oxygens (including phenoxy) is 5. The van der Waals surface area contributed by atoms with E-state index in [-0.39, 0.29) is 37.1 Å². The first-order valence-electron chi connectivity index (χ1n) is 13.7. The largest absolute Gasteiger partial charge is 0.493 e. The SMILES string of the molecule is CCOC(=O)COc1ccc(Cl)cc1/C=c1/sc2n(c1=O)[C@@H](c1ccc(OC(C)C)c(OC)c1)C(C(=O)OCC)=C(C)N=2. The van der Waals surface area contributed by atoms with Gasteiger partial charge in [0.25, 0.3) is 5.56 Å². The Hall–Kier alpha value is -4.09. The number of hydrogen-bond donors (Lipinski definition) is 0. The number of halogens is 1. The van der Waals surface area contributed by atoms with Crippen molar-refractivity contribution < 1.29 is 33.3 Å². The second kappa shape index (κ2) is 13.9. The number of fused-ring (bicyclic) bond motifs is 1. The number of nitrogens with zero attached hydrogens (tertiary/aromatic N) is 2. The molecule has 0 unspecified atom stereocenters. The van der Waals surface area contributed by atoms with E-state index in [4.69, 9.17) is 35.3 Å². The van der Waals surface area contributed by atoms with Crippen molar-refractivity contribution in [3.63, 3.8) is 0 Å². The van der Waals surface area contributed by atoms with Crippen molar-refractivity contribution in [3.8, 4) is 17.2 Å². The van der Waals surface area contributed by atoms with Crippen LogP contribution in [-0.4, -0.2) is 49.5 Å². The molecule has 2 heterocycles. The van der Waals surface area contributed by atoms with Crippen LogP contribution >= 0.6 is 22.9 Å². The van der Waals surface area contributed by atoms with Crippen LogP contribution in [0.1, 0.15) is 51.8 Å². The smallest absolute Gasteiger partial charge is 0.344 e. The predicted octanol–water partition coefficient (Wildman–Crippen LogP) is 4.19. The fraction of sp³-hybridized carbons (Fsp3) is 0.355. The highest BCUT2D eigenvalue weighted by molar-refractivity contribution is 7.07. The van der Waals surface area contributed by atoms with Crippen molar-refractivity contribution >= 4 is 41.0 Å². The Morgan fingerprint density at radius 1 is 1.07 bits per heavy atom. The summed E-state index contributed by atoms with van der Waals surface area (Å²) in [5, 5.41) is 0.414. The number of methoxy groups -OCH3 is 1. The highest BCUT2D eigenvalue weighted by Crippen LogP contribution is 2.36. The lowest BCUT2D eigenvalue weighted by atomic mass is 9.95. The molecule has 0 saturated carbocycles. The average Bonchev–Trinajstić information content (AvgIpc) is 3.26. The maximum Gasteiger partial charge on any atom is 0.344 e. The van der Waals surface area contributed by atoms with Crippen molar-refractivity contribution in [2.75, 3.05) is 26.9 Å². The van der Waals surface area contributed by atoms with Crippen molar-refractivity contribution in [1.82, 2.24) is 4.57 Å². The first-order valence-corrected chi connectivity index (χ1v) is 14.9. The van der Waals surface area contributed by atoms with Gasteiger partial charge in [0.05, 0.1) is 48.3 Å². The van der Waals surface area contributed by atoms with Crippen LogP contribution in [-0.2, 0) is 19.1 Å². The van der Waals surface area contributed by atoms with E-state index in [1.165, 1.54) is 11.7 Å². The molecule has 2 aromatic carbocycles. The minimum absolute atomic E-state index is 0.0905. The molecule has 43 heavy (non-hydrogen) atoms. The molecule has 12 heteroatoms.